The van der Waals surface area contributed by atoms with E-state index in [1.807, 2.05) is 6.92 Å². The average molecular weight is 212 g/mol. The lowest BCUT2D eigenvalue weighted by Crippen LogP contribution is -2.35. The molecule has 0 bridgehead atoms. The van der Waals surface area contributed by atoms with E-state index >= 15 is 0 Å². The first-order valence-electron chi connectivity index (χ1n) is 5.06. The maximum atomic E-state index is 12.5. The van der Waals surface area contributed by atoms with Gasteiger partial charge in [0.15, 0.2) is 0 Å². The highest BCUT2D eigenvalue weighted by molar-refractivity contribution is 5.21. The maximum Gasteiger partial charge on any atom is 0.123 e. The molecule has 1 unspecified atom stereocenters. The molecule has 0 spiro atoms. The minimum atomic E-state index is -0.249. The highest BCUT2D eigenvalue weighted by atomic mass is 19.1. The van der Waals surface area contributed by atoms with Gasteiger partial charge in [0.2, 0.25) is 0 Å². The van der Waals surface area contributed by atoms with Crippen LogP contribution in [-0.2, 0) is 0 Å². The Morgan fingerprint density at radius 1 is 1.40 bits per heavy atom. The molecular weight excluding hydrogens is 195 g/mol. The summed E-state index contributed by atoms with van der Waals surface area (Å²) in [6.45, 7) is 3.31. The first kappa shape index (κ1) is 11.9. The summed E-state index contributed by atoms with van der Waals surface area (Å²) < 4.78 is 17.9. The minimum absolute atomic E-state index is 0.0100. The van der Waals surface area contributed by atoms with Gasteiger partial charge in [-0.2, -0.15) is 0 Å². The molecule has 3 nitrogen and oxygen atoms in total. The summed E-state index contributed by atoms with van der Waals surface area (Å²) in [5.41, 5.74) is 5.51. The van der Waals surface area contributed by atoms with Crippen molar-refractivity contribution in [3.8, 4) is 5.75 Å². The summed E-state index contributed by atoms with van der Waals surface area (Å²) in [6, 6.07) is 6.01. The zero-order valence-corrected chi connectivity index (χ0v) is 8.87. The van der Waals surface area contributed by atoms with E-state index in [1.165, 1.54) is 12.1 Å². The van der Waals surface area contributed by atoms with Crippen molar-refractivity contribution in [1.29, 1.82) is 0 Å². The predicted octanol–water partition coefficient (Wildman–Crippen LogP) is 1.49. The number of ether oxygens (including phenoxy) is 1. The van der Waals surface area contributed by atoms with Crippen LogP contribution in [-0.4, -0.2) is 19.3 Å². The van der Waals surface area contributed by atoms with E-state index in [-0.39, 0.29) is 12.0 Å². The molecule has 0 aromatic heterocycles. The summed E-state index contributed by atoms with van der Waals surface area (Å²) in [5, 5.41) is 3.08. The second-order valence-corrected chi connectivity index (χ2v) is 3.40. The normalized spacial score (nSPS) is 12.5. The van der Waals surface area contributed by atoms with Gasteiger partial charge >= 0.3 is 0 Å². The largest absolute Gasteiger partial charge is 0.494 e. The molecule has 1 rings (SSSR count). The summed E-state index contributed by atoms with van der Waals surface area (Å²) in [7, 11) is 0. The number of rotatable bonds is 6. The number of hydrogen-bond acceptors (Lipinski definition) is 3. The van der Waals surface area contributed by atoms with Crippen molar-refractivity contribution < 1.29 is 9.13 Å². The number of halogens is 1. The van der Waals surface area contributed by atoms with Gasteiger partial charge in [0.05, 0.1) is 12.8 Å². The molecule has 0 heterocycles. The Morgan fingerprint density at radius 2 is 2.07 bits per heavy atom. The number of benzene rings is 1. The van der Waals surface area contributed by atoms with Gasteiger partial charge in [0, 0.05) is 0 Å². The van der Waals surface area contributed by atoms with Crippen molar-refractivity contribution in [2.24, 2.45) is 5.73 Å². The lowest BCUT2D eigenvalue weighted by molar-refractivity contribution is 0.305. The zero-order valence-electron chi connectivity index (χ0n) is 8.87. The molecule has 15 heavy (non-hydrogen) atoms. The molecule has 0 aliphatic heterocycles. The van der Waals surface area contributed by atoms with Gasteiger partial charge in [-0.3, -0.25) is 0 Å². The molecule has 0 saturated carbocycles. The van der Waals surface area contributed by atoms with Gasteiger partial charge < -0.3 is 15.8 Å². The Balaban J connectivity index is 2.12. The molecular formula is C11H17FN2O. The monoisotopic (exact) mass is 212 g/mol. The Kier molecular flexibility index (Phi) is 5.07. The summed E-state index contributed by atoms with van der Waals surface area (Å²) in [5.74, 6) is 0.443. The Morgan fingerprint density at radius 3 is 2.67 bits per heavy atom. The van der Waals surface area contributed by atoms with Crippen molar-refractivity contribution >= 4 is 0 Å². The fraction of sp³-hybridized carbons (Fsp3) is 0.455. The summed E-state index contributed by atoms with van der Waals surface area (Å²) in [6.07, 6.45) is 0.884. The van der Waals surface area contributed by atoms with Gasteiger partial charge in [-0.15, -0.1) is 0 Å². The molecule has 4 heteroatoms. The second-order valence-electron chi connectivity index (χ2n) is 3.40. The van der Waals surface area contributed by atoms with Crippen molar-refractivity contribution in [3.05, 3.63) is 30.1 Å². The van der Waals surface area contributed by atoms with Crippen molar-refractivity contribution in [1.82, 2.24) is 5.32 Å². The molecule has 1 aromatic carbocycles. The van der Waals surface area contributed by atoms with Gasteiger partial charge in [-0.1, -0.05) is 0 Å². The van der Waals surface area contributed by atoms with Crippen LogP contribution in [0.4, 0.5) is 4.39 Å². The van der Waals surface area contributed by atoms with Crippen LogP contribution >= 0.6 is 0 Å². The molecule has 0 saturated heterocycles. The van der Waals surface area contributed by atoms with E-state index in [0.717, 1.165) is 13.0 Å². The van der Waals surface area contributed by atoms with Crippen LogP contribution in [0.25, 0.3) is 0 Å². The molecule has 0 aliphatic carbocycles. The molecule has 0 radical (unpaired) electrons. The summed E-state index contributed by atoms with van der Waals surface area (Å²) >= 11 is 0. The van der Waals surface area contributed by atoms with E-state index in [9.17, 15) is 4.39 Å². The van der Waals surface area contributed by atoms with Gasteiger partial charge in [-0.25, -0.2) is 4.39 Å². The van der Waals surface area contributed by atoms with E-state index in [0.29, 0.717) is 12.4 Å². The molecule has 1 aromatic rings. The quantitative estimate of drug-likeness (QED) is 0.555. The van der Waals surface area contributed by atoms with Crippen LogP contribution in [0.1, 0.15) is 13.3 Å². The van der Waals surface area contributed by atoms with Crippen LogP contribution in [0.15, 0.2) is 24.3 Å². The first-order chi connectivity index (χ1) is 7.18. The van der Waals surface area contributed by atoms with Crippen LogP contribution in [0, 0.1) is 5.82 Å². The van der Waals surface area contributed by atoms with Gasteiger partial charge in [0.25, 0.3) is 0 Å². The topological polar surface area (TPSA) is 47.3 Å². The summed E-state index contributed by atoms with van der Waals surface area (Å²) in [4.78, 5) is 0. The van der Waals surface area contributed by atoms with Crippen LogP contribution in [0.3, 0.4) is 0 Å². The number of hydrogen-bond donors (Lipinski definition) is 2. The van der Waals surface area contributed by atoms with Crippen LogP contribution in [0.5, 0.6) is 5.75 Å². The molecule has 3 N–H and O–H groups in total. The molecule has 1 atom stereocenters. The van der Waals surface area contributed by atoms with E-state index in [1.54, 1.807) is 12.1 Å². The molecule has 84 valence electrons. The Hall–Kier alpha value is -1.13. The lowest BCUT2D eigenvalue weighted by atomic mass is 10.3. The number of nitrogens with one attached hydrogen (secondary N) is 1. The fourth-order valence-corrected chi connectivity index (χ4v) is 1.12. The Bertz CT molecular complexity index is 274. The van der Waals surface area contributed by atoms with Crippen LogP contribution < -0.4 is 15.8 Å². The van der Waals surface area contributed by atoms with E-state index in [2.05, 4.69) is 5.32 Å². The SMILES string of the molecule is CC(N)NCCCOc1ccc(F)cc1. The molecule has 0 fully saturated rings. The highest BCUT2D eigenvalue weighted by Gasteiger charge is 1.95. The van der Waals surface area contributed by atoms with Crippen molar-refractivity contribution in [2.45, 2.75) is 19.5 Å². The standard InChI is InChI=1S/C11H17FN2O/c1-9(13)14-7-2-8-15-11-5-3-10(12)4-6-11/h3-6,9,14H,2,7-8,13H2,1H3. The fourth-order valence-electron chi connectivity index (χ4n) is 1.12. The highest BCUT2D eigenvalue weighted by Crippen LogP contribution is 2.10. The van der Waals surface area contributed by atoms with Gasteiger partial charge in [0.1, 0.15) is 11.6 Å². The number of nitrogens with two attached hydrogens (primary N) is 1. The molecule has 0 aliphatic rings. The third-order valence-electron chi connectivity index (χ3n) is 1.87. The van der Waals surface area contributed by atoms with Crippen molar-refractivity contribution in [3.63, 3.8) is 0 Å². The zero-order chi connectivity index (χ0) is 11.1. The average Bonchev–Trinajstić information content (AvgIpc) is 2.20. The van der Waals surface area contributed by atoms with Crippen molar-refractivity contribution in [2.75, 3.05) is 13.2 Å². The van der Waals surface area contributed by atoms with E-state index in [4.69, 9.17) is 10.5 Å². The third kappa shape index (κ3) is 5.34. The second kappa shape index (κ2) is 6.37. The minimum Gasteiger partial charge on any atom is -0.494 e. The maximum absolute atomic E-state index is 12.5. The molecule has 0 amide bonds. The smallest absolute Gasteiger partial charge is 0.123 e. The lowest BCUT2D eigenvalue weighted by Gasteiger charge is -2.09. The predicted molar refractivity (Wildman–Crippen MR) is 58.2 cm³/mol. The van der Waals surface area contributed by atoms with Gasteiger partial charge in [-0.05, 0) is 44.2 Å². The first-order valence-corrected chi connectivity index (χ1v) is 5.06. The Labute approximate surface area is 89.4 Å². The van der Waals surface area contributed by atoms with E-state index < -0.39 is 0 Å². The third-order valence-corrected chi connectivity index (χ3v) is 1.87. The van der Waals surface area contributed by atoms with Crippen LogP contribution in [0.2, 0.25) is 0 Å².